The van der Waals surface area contributed by atoms with Crippen LogP contribution in [0.5, 0.6) is 0 Å². The predicted molar refractivity (Wildman–Crippen MR) is 113 cm³/mol. The predicted octanol–water partition coefficient (Wildman–Crippen LogP) is 1.64. The van der Waals surface area contributed by atoms with Gasteiger partial charge in [-0.1, -0.05) is 17.2 Å². The van der Waals surface area contributed by atoms with Gasteiger partial charge in [-0.2, -0.15) is 0 Å². The Labute approximate surface area is 173 Å². The fraction of sp³-hybridized carbons (Fsp3) is 0.350. The van der Waals surface area contributed by atoms with Crippen molar-refractivity contribution >= 4 is 17.7 Å². The minimum absolute atomic E-state index is 0.0646. The van der Waals surface area contributed by atoms with Crippen LogP contribution in [0.3, 0.4) is 0 Å². The fourth-order valence-electron chi connectivity index (χ4n) is 3.25. The molecule has 0 unspecified atom stereocenters. The monoisotopic (exact) mass is 408 g/mol. The minimum atomic E-state index is -0.0646. The Morgan fingerprint density at radius 1 is 1.20 bits per heavy atom. The molecule has 0 radical (unpaired) electrons. The molecule has 1 aromatic carbocycles. The van der Waals surface area contributed by atoms with E-state index in [1.807, 2.05) is 12.1 Å². The summed E-state index contributed by atoms with van der Waals surface area (Å²) in [5.74, 6) is 0.346. The Morgan fingerprint density at radius 3 is 2.63 bits per heavy atom. The van der Waals surface area contributed by atoms with E-state index in [1.165, 1.54) is 4.90 Å². The third-order valence-corrected chi connectivity index (χ3v) is 4.93. The number of carbonyl (C=O) groups excluding carboxylic acids is 1. The molecule has 0 atom stereocenters. The SMILES string of the molecule is CN(C)C(=O)c1ccc(-c2cnc(N)c(-c3nnc(NC4CCNCC4)o3)n2)cc1. The lowest BCUT2D eigenvalue weighted by Crippen LogP contribution is -2.35. The Kier molecular flexibility index (Phi) is 5.57. The van der Waals surface area contributed by atoms with E-state index in [0.717, 1.165) is 31.5 Å². The average Bonchev–Trinajstić information content (AvgIpc) is 3.22. The molecule has 1 aliphatic heterocycles. The lowest BCUT2D eigenvalue weighted by Gasteiger charge is -2.22. The van der Waals surface area contributed by atoms with E-state index < -0.39 is 0 Å². The lowest BCUT2D eigenvalue weighted by atomic mass is 10.1. The second-order valence-electron chi connectivity index (χ2n) is 7.35. The van der Waals surface area contributed by atoms with E-state index in [2.05, 4.69) is 30.8 Å². The molecule has 0 bridgehead atoms. The molecule has 4 N–H and O–H groups in total. The van der Waals surface area contributed by atoms with Crippen LogP contribution in [0.4, 0.5) is 11.8 Å². The van der Waals surface area contributed by atoms with Crippen LogP contribution in [-0.4, -0.2) is 64.2 Å². The smallest absolute Gasteiger partial charge is 0.316 e. The summed E-state index contributed by atoms with van der Waals surface area (Å²) in [6.45, 7) is 1.91. The van der Waals surface area contributed by atoms with E-state index >= 15 is 0 Å². The molecule has 10 heteroatoms. The Bertz CT molecular complexity index is 1030. The van der Waals surface area contributed by atoms with Crippen molar-refractivity contribution in [2.45, 2.75) is 18.9 Å². The summed E-state index contributed by atoms with van der Waals surface area (Å²) in [4.78, 5) is 22.4. The largest absolute Gasteiger partial charge is 0.402 e. The van der Waals surface area contributed by atoms with E-state index in [4.69, 9.17) is 10.2 Å². The van der Waals surface area contributed by atoms with Crippen molar-refractivity contribution in [3.63, 3.8) is 0 Å². The average molecular weight is 408 g/mol. The molecule has 3 heterocycles. The number of aromatic nitrogens is 4. The maximum absolute atomic E-state index is 12.1. The molecular formula is C20H24N8O2. The zero-order valence-electron chi connectivity index (χ0n) is 16.9. The topological polar surface area (TPSA) is 135 Å². The standard InChI is InChI=1S/C20H24N8O2/c1-28(2)19(29)13-5-3-12(4-6-13)15-11-23-17(21)16(25-15)18-26-27-20(30-18)24-14-7-9-22-10-8-14/h3-6,11,14,22H,7-10H2,1-2H3,(H2,21,23)(H,24,27). The Balaban J connectivity index is 1.56. The van der Waals surface area contributed by atoms with Crippen LogP contribution in [0.15, 0.2) is 34.9 Å². The number of hydrogen-bond acceptors (Lipinski definition) is 9. The first-order valence-corrected chi connectivity index (χ1v) is 9.77. The molecule has 156 valence electrons. The first-order chi connectivity index (χ1) is 14.5. The second-order valence-corrected chi connectivity index (χ2v) is 7.35. The maximum Gasteiger partial charge on any atom is 0.316 e. The van der Waals surface area contributed by atoms with Crippen molar-refractivity contribution < 1.29 is 9.21 Å². The third-order valence-electron chi connectivity index (χ3n) is 4.93. The molecule has 1 amide bonds. The highest BCUT2D eigenvalue weighted by Gasteiger charge is 2.19. The van der Waals surface area contributed by atoms with Gasteiger partial charge < -0.3 is 25.7 Å². The first kappa shape index (κ1) is 19.8. The lowest BCUT2D eigenvalue weighted by molar-refractivity contribution is 0.0827. The van der Waals surface area contributed by atoms with Crippen LogP contribution in [0.25, 0.3) is 22.8 Å². The number of anilines is 2. The van der Waals surface area contributed by atoms with E-state index in [1.54, 1.807) is 32.4 Å². The summed E-state index contributed by atoms with van der Waals surface area (Å²) in [5, 5.41) is 14.7. The third kappa shape index (κ3) is 4.23. The van der Waals surface area contributed by atoms with Crippen molar-refractivity contribution in [2.75, 3.05) is 38.2 Å². The van der Waals surface area contributed by atoms with Gasteiger partial charge in [0, 0.05) is 31.3 Å². The zero-order chi connectivity index (χ0) is 21.1. The molecule has 1 fully saturated rings. The molecule has 2 aromatic heterocycles. The molecule has 0 spiro atoms. The fourth-order valence-corrected chi connectivity index (χ4v) is 3.25. The van der Waals surface area contributed by atoms with Gasteiger partial charge in [0.15, 0.2) is 11.5 Å². The van der Waals surface area contributed by atoms with Gasteiger partial charge in [0.2, 0.25) is 0 Å². The summed E-state index contributed by atoms with van der Waals surface area (Å²) in [5.41, 5.74) is 8.32. The molecular weight excluding hydrogens is 384 g/mol. The summed E-state index contributed by atoms with van der Waals surface area (Å²) in [6.07, 6.45) is 3.55. The summed E-state index contributed by atoms with van der Waals surface area (Å²) >= 11 is 0. The van der Waals surface area contributed by atoms with Crippen molar-refractivity contribution in [1.82, 2.24) is 30.4 Å². The van der Waals surface area contributed by atoms with Crippen LogP contribution in [0.1, 0.15) is 23.2 Å². The number of hydrogen-bond donors (Lipinski definition) is 3. The molecule has 0 aliphatic carbocycles. The van der Waals surface area contributed by atoms with Crippen LogP contribution >= 0.6 is 0 Å². The van der Waals surface area contributed by atoms with Crippen molar-refractivity contribution in [3.8, 4) is 22.8 Å². The molecule has 1 saturated heterocycles. The van der Waals surface area contributed by atoms with Crippen LogP contribution in [0, 0.1) is 0 Å². The maximum atomic E-state index is 12.1. The number of rotatable bonds is 5. The summed E-state index contributed by atoms with van der Waals surface area (Å²) < 4.78 is 5.73. The number of benzene rings is 1. The molecule has 10 nitrogen and oxygen atoms in total. The number of nitrogens with one attached hydrogen (secondary N) is 2. The highest BCUT2D eigenvalue weighted by molar-refractivity contribution is 5.94. The summed E-state index contributed by atoms with van der Waals surface area (Å²) in [7, 11) is 3.43. The van der Waals surface area contributed by atoms with Crippen LogP contribution < -0.4 is 16.4 Å². The van der Waals surface area contributed by atoms with Gasteiger partial charge in [-0.25, -0.2) is 9.97 Å². The van der Waals surface area contributed by atoms with Gasteiger partial charge in [-0.15, -0.1) is 5.10 Å². The molecule has 30 heavy (non-hydrogen) atoms. The van der Waals surface area contributed by atoms with Crippen LogP contribution in [-0.2, 0) is 0 Å². The van der Waals surface area contributed by atoms with E-state index in [0.29, 0.717) is 23.0 Å². The van der Waals surface area contributed by atoms with Gasteiger partial charge in [0.25, 0.3) is 11.8 Å². The second kappa shape index (κ2) is 8.46. The van der Waals surface area contributed by atoms with Crippen LogP contribution in [0.2, 0.25) is 0 Å². The molecule has 0 saturated carbocycles. The van der Waals surface area contributed by atoms with Crippen molar-refractivity contribution in [2.24, 2.45) is 0 Å². The van der Waals surface area contributed by atoms with Crippen molar-refractivity contribution in [3.05, 3.63) is 36.0 Å². The normalized spacial score (nSPS) is 14.5. The van der Waals surface area contributed by atoms with E-state index in [-0.39, 0.29) is 23.7 Å². The van der Waals surface area contributed by atoms with Gasteiger partial charge >= 0.3 is 6.01 Å². The van der Waals surface area contributed by atoms with Gasteiger partial charge in [0.1, 0.15) is 0 Å². The molecule has 4 rings (SSSR count). The number of nitrogens with two attached hydrogens (primary N) is 1. The van der Waals surface area contributed by atoms with E-state index in [9.17, 15) is 4.79 Å². The van der Waals surface area contributed by atoms with Gasteiger partial charge in [-0.3, -0.25) is 4.79 Å². The Morgan fingerprint density at radius 2 is 1.93 bits per heavy atom. The first-order valence-electron chi connectivity index (χ1n) is 9.77. The highest BCUT2D eigenvalue weighted by Crippen LogP contribution is 2.26. The minimum Gasteiger partial charge on any atom is -0.402 e. The number of nitrogen functional groups attached to an aromatic ring is 1. The van der Waals surface area contributed by atoms with Gasteiger partial charge in [0.05, 0.1) is 11.9 Å². The van der Waals surface area contributed by atoms with Gasteiger partial charge in [-0.05, 0) is 38.1 Å². The number of piperidine rings is 1. The highest BCUT2D eigenvalue weighted by atomic mass is 16.4. The Hall–Kier alpha value is -3.53. The molecule has 3 aromatic rings. The zero-order valence-corrected chi connectivity index (χ0v) is 16.9. The number of amides is 1. The quantitative estimate of drug-likeness (QED) is 0.575. The number of nitrogens with zero attached hydrogens (tertiary/aromatic N) is 5. The summed E-state index contributed by atoms with van der Waals surface area (Å²) in [6, 6.07) is 7.77. The molecule has 1 aliphatic rings. The number of carbonyl (C=O) groups is 1. The van der Waals surface area contributed by atoms with Crippen molar-refractivity contribution in [1.29, 1.82) is 0 Å².